The van der Waals surface area contributed by atoms with Gasteiger partial charge in [-0.1, -0.05) is 91.5 Å². The number of ether oxygens (including phenoxy) is 1. The minimum Gasteiger partial charge on any atom is -0.449 e. The molecule has 0 N–H and O–H groups in total. The van der Waals surface area contributed by atoms with E-state index >= 15 is 0 Å². The molecule has 0 radical (unpaired) electrons. The second-order valence-corrected chi connectivity index (χ2v) is 6.91. The second kappa shape index (κ2) is 6.50. The quantitative estimate of drug-likeness (QED) is 0.394. The number of hydrogen-bond acceptors (Lipinski definition) is 2. The van der Waals surface area contributed by atoms with Gasteiger partial charge in [-0.15, -0.1) is 0 Å². The molecule has 4 aromatic rings. The van der Waals surface area contributed by atoms with E-state index in [2.05, 4.69) is 18.7 Å². The van der Waals surface area contributed by atoms with Crippen LogP contribution in [0.1, 0.15) is 33.2 Å². The van der Waals surface area contributed by atoms with Crippen LogP contribution in [0.4, 0.5) is 0 Å². The Labute approximate surface area is 163 Å². The molecule has 0 fully saturated rings. The minimum absolute atomic E-state index is 0.316. The van der Waals surface area contributed by atoms with Gasteiger partial charge in [0.05, 0.1) is 5.56 Å². The first-order valence-corrected chi connectivity index (χ1v) is 9.31. The maximum atomic E-state index is 13.2. The van der Waals surface area contributed by atoms with Gasteiger partial charge in [-0.25, -0.2) is 4.79 Å². The van der Waals surface area contributed by atoms with E-state index < -0.39 is 6.10 Å². The molecule has 0 saturated carbocycles. The Morgan fingerprint density at radius 3 is 1.96 bits per heavy atom. The van der Waals surface area contributed by atoms with E-state index in [0.29, 0.717) is 5.56 Å². The smallest absolute Gasteiger partial charge is 0.339 e. The first kappa shape index (κ1) is 16.5. The van der Waals surface area contributed by atoms with Crippen LogP contribution in [-0.4, -0.2) is 5.97 Å². The van der Waals surface area contributed by atoms with Crippen molar-refractivity contribution in [3.63, 3.8) is 0 Å². The van der Waals surface area contributed by atoms with Crippen LogP contribution < -0.4 is 0 Å². The standard InChI is InChI=1S/C26H18O2/c1-2-17-15-16-24(19-10-4-3-9-18(17)19)26(27)28-25-22-13-7-5-11-20(22)21-12-6-8-14-23(21)25/h2-16,25H,1H2. The third-order valence-electron chi connectivity index (χ3n) is 5.40. The molecule has 0 spiro atoms. The predicted octanol–water partition coefficient (Wildman–Crippen LogP) is 6.41. The lowest BCUT2D eigenvalue weighted by atomic mass is 9.99. The Morgan fingerprint density at radius 2 is 1.32 bits per heavy atom. The second-order valence-electron chi connectivity index (χ2n) is 6.91. The Hall–Kier alpha value is -3.65. The molecule has 0 amide bonds. The number of esters is 1. The maximum absolute atomic E-state index is 13.2. The average Bonchev–Trinajstić information content (AvgIpc) is 3.07. The first-order valence-electron chi connectivity index (χ1n) is 9.31. The molecule has 0 aromatic heterocycles. The molecule has 0 bridgehead atoms. The zero-order chi connectivity index (χ0) is 19.1. The molecule has 0 unspecified atom stereocenters. The molecule has 0 atom stereocenters. The van der Waals surface area contributed by atoms with E-state index in [1.54, 1.807) is 6.08 Å². The van der Waals surface area contributed by atoms with Crippen molar-refractivity contribution in [2.75, 3.05) is 0 Å². The van der Waals surface area contributed by atoms with E-state index in [4.69, 9.17) is 4.74 Å². The van der Waals surface area contributed by atoms with Crippen LogP contribution in [-0.2, 0) is 4.74 Å². The molecule has 2 heteroatoms. The zero-order valence-electron chi connectivity index (χ0n) is 15.3. The third-order valence-corrected chi connectivity index (χ3v) is 5.40. The summed E-state index contributed by atoms with van der Waals surface area (Å²) in [4.78, 5) is 13.2. The summed E-state index contributed by atoms with van der Waals surface area (Å²) in [5.41, 5.74) is 5.89. The monoisotopic (exact) mass is 362 g/mol. The van der Waals surface area contributed by atoms with Gasteiger partial charge in [0.25, 0.3) is 0 Å². The van der Waals surface area contributed by atoms with Crippen LogP contribution in [0.25, 0.3) is 28.0 Å². The molecule has 4 aromatic carbocycles. The van der Waals surface area contributed by atoms with Gasteiger partial charge in [0.2, 0.25) is 0 Å². The summed E-state index contributed by atoms with van der Waals surface area (Å²) in [6.45, 7) is 3.87. The van der Waals surface area contributed by atoms with Crippen molar-refractivity contribution in [1.29, 1.82) is 0 Å². The molecule has 0 heterocycles. The summed E-state index contributed by atoms with van der Waals surface area (Å²) < 4.78 is 6.07. The van der Waals surface area contributed by atoms with Crippen molar-refractivity contribution >= 4 is 22.8 Å². The van der Waals surface area contributed by atoms with E-state index in [0.717, 1.165) is 38.6 Å². The molecule has 2 nitrogen and oxygen atoms in total. The maximum Gasteiger partial charge on any atom is 0.339 e. The van der Waals surface area contributed by atoms with E-state index in [1.807, 2.05) is 72.8 Å². The number of fused-ring (bicyclic) bond motifs is 4. The third kappa shape index (κ3) is 2.46. The summed E-state index contributed by atoms with van der Waals surface area (Å²) in [7, 11) is 0. The zero-order valence-corrected chi connectivity index (χ0v) is 15.3. The molecule has 1 aliphatic carbocycles. The van der Waals surface area contributed by atoms with Crippen LogP contribution in [0.3, 0.4) is 0 Å². The van der Waals surface area contributed by atoms with Crippen LogP contribution in [0.2, 0.25) is 0 Å². The van der Waals surface area contributed by atoms with Gasteiger partial charge in [-0.3, -0.25) is 0 Å². The Morgan fingerprint density at radius 1 is 0.750 bits per heavy atom. The summed E-state index contributed by atoms with van der Waals surface area (Å²) in [5, 5.41) is 1.88. The van der Waals surface area contributed by atoms with Gasteiger partial charge in [0.1, 0.15) is 0 Å². The van der Waals surface area contributed by atoms with Crippen molar-refractivity contribution in [2.45, 2.75) is 6.10 Å². The summed E-state index contributed by atoms with van der Waals surface area (Å²) in [5.74, 6) is -0.316. The Bertz CT molecular complexity index is 1190. The van der Waals surface area contributed by atoms with Gasteiger partial charge in [0.15, 0.2) is 6.10 Å². The highest BCUT2D eigenvalue weighted by atomic mass is 16.5. The molecular formula is C26H18O2. The molecule has 5 rings (SSSR count). The number of rotatable bonds is 3. The lowest BCUT2D eigenvalue weighted by Gasteiger charge is -2.16. The fraction of sp³-hybridized carbons (Fsp3) is 0.0385. The van der Waals surface area contributed by atoms with Gasteiger partial charge in [-0.05, 0) is 33.5 Å². The highest BCUT2D eigenvalue weighted by Gasteiger charge is 2.31. The number of carbonyl (C=O) groups excluding carboxylic acids is 1. The van der Waals surface area contributed by atoms with Crippen molar-refractivity contribution in [3.8, 4) is 11.1 Å². The molecule has 0 aliphatic heterocycles. The average molecular weight is 362 g/mol. The summed E-state index contributed by atoms with van der Waals surface area (Å²) in [6, 6.07) is 27.8. The van der Waals surface area contributed by atoms with E-state index in [-0.39, 0.29) is 5.97 Å². The Kier molecular flexibility index (Phi) is 3.84. The first-order chi connectivity index (χ1) is 13.8. The normalized spacial score (nSPS) is 12.4. The molecule has 134 valence electrons. The van der Waals surface area contributed by atoms with Gasteiger partial charge >= 0.3 is 5.97 Å². The number of benzene rings is 4. The van der Waals surface area contributed by atoms with Crippen molar-refractivity contribution in [3.05, 3.63) is 114 Å². The SMILES string of the molecule is C=Cc1ccc(C(=O)OC2c3ccccc3-c3ccccc32)c2ccccc12. The predicted molar refractivity (Wildman–Crippen MR) is 113 cm³/mol. The van der Waals surface area contributed by atoms with Crippen molar-refractivity contribution < 1.29 is 9.53 Å². The lowest BCUT2D eigenvalue weighted by Crippen LogP contribution is -2.11. The van der Waals surface area contributed by atoms with Gasteiger partial charge < -0.3 is 4.74 Å². The topological polar surface area (TPSA) is 26.3 Å². The Balaban J connectivity index is 1.59. The van der Waals surface area contributed by atoms with Crippen LogP contribution in [0, 0.1) is 0 Å². The molecular weight excluding hydrogens is 344 g/mol. The lowest BCUT2D eigenvalue weighted by molar-refractivity contribution is 0.0388. The van der Waals surface area contributed by atoms with Crippen LogP contribution in [0.15, 0.2) is 91.5 Å². The fourth-order valence-electron chi connectivity index (χ4n) is 4.09. The van der Waals surface area contributed by atoms with Crippen LogP contribution >= 0.6 is 0 Å². The summed E-state index contributed by atoms with van der Waals surface area (Å²) in [6.07, 6.45) is 1.42. The fourth-order valence-corrected chi connectivity index (χ4v) is 4.09. The largest absolute Gasteiger partial charge is 0.449 e. The number of hydrogen-bond donors (Lipinski definition) is 0. The van der Waals surface area contributed by atoms with Crippen LogP contribution in [0.5, 0.6) is 0 Å². The molecule has 0 saturated heterocycles. The minimum atomic E-state index is -0.391. The molecule has 1 aliphatic rings. The van der Waals surface area contributed by atoms with Gasteiger partial charge in [-0.2, -0.15) is 0 Å². The van der Waals surface area contributed by atoms with Gasteiger partial charge in [0, 0.05) is 11.1 Å². The summed E-state index contributed by atoms with van der Waals surface area (Å²) >= 11 is 0. The highest BCUT2D eigenvalue weighted by Crippen LogP contribution is 2.45. The van der Waals surface area contributed by atoms with Crippen molar-refractivity contribution in [2.24, 2.45) is 0 Å². The van der Waals surface area contributed by atoms with Crippen molar-refractivity contribution in [1.82, 2.24) is 0 Å². The van der Waals surface area contributed by atoms with E-state index in [9.17, 15) is 4.79 Å². The molecule has 28 heavy (non-hydrogen) atoms. The number of carbonyl (C=O) groups is 1. The highest BCUT2D eigenvalue weighted by molar-refractivity contribution is 6.07. The van der Waals surface area contributed by atoms with E-state index in [1.165, 1.54) is 0 Å².